The highest BCUT2D eigenvalue weighted by Crippen LogP contribution is 2.20. The summed E-state index contributed by atoms with van der Waals surface area (Å²) in [5.41, 5.74) is 2.71. The van der Waals surface area contributed by atoms with E-state index in [1.165, 1.54) is 0 Å². The molecule has 0 saturated carbocycles. The minimum absolute atomic E-state index is 0.257. The van der Waals surface area contributed by atoms with Crippen molar-refractivity contribution in [2.45, 2.75) is 0 Å². The van der Waals surface area contributed by atoms with Crippen LogP contribution in [0.4, 0.5) is 17.5 Å². The second kappa shape index (κ2) is 9.07. The maximum atomic E-state index is 12.8. The van der Waals surface area contributed by atoms with Crippen LogP contribution in [0.3, 0.4) is 0 Å². The van der Waals surface area contributed by atoms with Crippen LogP contribution in [0.15, 0.2) is 73.2 Å². The molecule has 1 aromatic carbocycles. The number of piperazine rings is 1. The Morgan fingerprint density at radius 1 is 0.879 bits per heavy atom. The zero-order chi connectivity index (χ0) is 22.6. The molecule has 4 aromatic rings. The Labute approximate surface area is 191 Å². The number of aromatic nitrogens is 5. The van der Waals surface area contributed by atoms with Crippen LogP contribution in [-0.2, 0) is 7.05 Å². The van der Waals surface area contributed by atoms with Crippen LogP contribution < -0.4 is 15.1 Å². The maximum Gasteiger partial charge on any atom is 0.274 e. The Hall–Kier alpha value is -4.27. The molecule has 4 heterocycles. The minimum atomic E-state index is -0.257. The molecular weight excluding hydrogens is 416 g/mol. The first-order valence-electron chi connectivity index (χ1n) is 10.8. The molecule has 3 aromatic heterocycles. The molecule has 0 atom stereocenters. The van der Waals surface area contributed by atoms with Crippen LogP contribution >= 0.6 is 0 Å². The first-order valence-corrected chi connectivity index (χ1v) is 10.8. The van der Waals surface area contributed by atoms with Gasteiger partial charge < -0.3 is 15.1 Å². The monoisotopic (exact) mass is 440 g/mol. The predicted octanol–water partition coefficient (Wildman–Crippen LogP) is 2.85. The maximum absolute atomic E-state index is 12.8. The van der Waals surface area contributed by atoms with Crippen LogP contribution in [-0.4, -0.2) is 56.8 Å². The Morgan fingerprint density at radius 3 is 2.27 bits per heavy atom. The van der Waals surface area contributed by atoms with Crippen molar-refractivity contribution in [2.24, 2.45) is 7.05 Å². The molecule has 0 aliphatic carbocycles. The van der Waals surface area contributed by atoms with Gasteiger partial charge in [0, 0.05) is 45.0 Å². The summed E-state index contributed by atoms with van der Waals surface area (Å²) in [4.78, 5) is 30.5. The van der Waals surface area contributed by atoms with E-state index < -0.39 is 0 Å². The lowest BCUT2D eigenvalue weighted by molar-refractivity contribution is 0.101. The van der Waals surface area contributed by atoms with Crippen LogP contribution in [0.2, 0.25) is 0 Å². The van der Waals surface area contributed by atoms with E-state index in [1.54, 1.807) is 30.2 Å². The normalized spacial score (nSPS) is 13.7. The minimum Gasteiger partial charge on any atom is -0.353 e. The van der Waals surface area contributed by atoms with E-state index >= 15 is 0 Å². The molecule has 9 heteroatoms. The number of hydrogen-bond donors (Lipinski definition) is 1. The van der Waals surface area contributed by atoms with Gasteiger partial charge in [-0.15, -0.1) is 0 Å². The van der Waals surface area contributed by atoms with Gasteiger partial charge in [0.2, 0.25) is 5.95 Å². The van der Waals surface area contributed by atoms with Gasteiger partial charge in [0.1, 0.15) is 11.5 Å². The standard InChI is InChI=1S/C24H24N8O/c1-30-21(15-20(29-30)18-7-3-2-4-8-18)23(33)28-19-16-26-24(27-17-19)32-13-11-31(12-14-32)22-9-5-6-10-25-22/h2-10,15-17H,11-14H2,1H3,(H,28,33). The first-order chi connectivity index (χ1) is 16.2. The van der Waals surface area contributed by atoms with Gasteiger partial charge >= 0.3 is 0 Å². The fraction of sp³-hybridized carbons (Fsp3) is 0.208. The van der Waals surface area contributed by atoms with Gasteiger partial charge in [-0.05, 0) is 18.2 Å². The van der Waals surface area contributed by atoms with Crippen molar-refractivity contribution in [2.75, 3.05) is 41.3 Å². The molecule has 0 unspecified atom stereocenters. The lowest BCUT2D eigenvalue weighted by Crippen LogP contribution is -2.47. The fourth-order valence-electron chi connectivity index (χ4n) is 3.85. The third kappa shape index (κ3) is 4.52. The fourth-order valence-corrected chi connectivity index (χ4v) is 3.85. The number of nitrogens with one attached hydrogen (secondary N) is 1. The second-order valence-electron chi connectivity index (χ2n) is 7.79. The third-order valence-corrected chi connectivity index (χ3v) is 5.61. The Morgan fingerprint density at radius 2 is 1.58 bits per heavy atom. The number of anilines is 3. The molecule has 33 heavy (non-hydrogen) atoms. The Kier molecular flexibility index (Phi) is 5.67. The van der Waals surface area contributed by atoms with Crippen molar-refractivity contribution in [1.82, 2.24) is 24.7 Å². The van der Waals surface area contributed by atoms with Crippen molar-refractivity contribution in [3.05, 3.63) is 78.9 Å². The molecular formula is C24H24N8O. The van der Waals surface area contributed by atoms with Gasteiger partial charge in [0.05, 0.1) is 23.8 Å². The number of rotatable bonds is 5. The number of amides is 1. The summed E-state index contributed by atoms with van der Waals surface area (Å²) in [5.74, 6) is 1.38. The van der Waals surface area contributed by atoms with Crippen molar-refractivity contribution < 1.29 is 4.79 Å². The number of nitrogens with zero attached hydrogens (tertiary/aromatic N) is 7. The molecule has 0 spiro atoms. The number of benzene rings is 1. The van der Waals surface area contributed by atoms with Gasteiger partial charge in [0.25, 0.3) is 5.91 Å². The van der Waals surface area contributed by atoms with Crippen molar-refractivity contribution in [1.29, 1.82) is 0 Å². The molecule has 1 saturated heterocycles. The highest BCUT2D eigenvalue weighted by atomic mass is 16.2. The molecule has 1 aliphatic heterocycles. The number of carbonyl (C=O) groups excluding carboxylic acids is 1. The third-order valence-electron chi connectivity index (χ3n) is 5.61. The van der Waals surface area contributed by atoms with Crippen molar-refractivity contribution >= 4 is 23.4 Å². The zero-order valence-electron chi connectivity index (χ0n) is 18.3. The van der Waals surface area contributed by atoms with E-state index in [4.69, 9.17) is 0 Å². The van der Waals surface area contributed by atoms with Crippen molar-refractivity contribution in [3.63, 3.8) is 0 Å². The molecule has 0 bridgehead atoms. The lowest BCUT2D eigenvalue weighted by atomic mass is 10.1. The number of aryl methyl sites for hydroxylation is 1. The summed E-state index contributed by atoms with van der Waals surface area (Å²) in [5, 5.41) is 7.32. The smallest absolute Gasteiger partial charge is 0.274 e. The molecule has 1 fully saturated rings. The molecule has 1 N–H and O–H groups in total. The van der Waals surface area contributed by atoms with Crippen LogP contribution in [0.25, 0.3) is 11.3 Å². The summed E-state index contributed by atoms with van der Waals surface area (Å²) < 4.78 is 1.58. The van der Waals surface area contributed by atoms with Gasteiger partial charge in [0.15, 0.2) is 0 Å². The summed E-state index contributed by atoms with van der Waals surface area (Å²) in [6.45, 7) is 3.31. The number of pyridine rings is 1. The largest absolute Gasteiger partial charge is 0.353 e. The first kappa shape index (κ1) is 20.6. The average Bonchev–Trinajstić information content (AvgIpc) is 3.27. The summed E-state index contributed by atoms with van der Waals surface area (Å²) >= 11 is 0. The lowest BCUT2D eigenvalue weighted by Gasteiger charge is -2.35. The highest BCUT2D eigenvalue weighted by molar-refractivity contribution is 6.03. The topological polar surface area (TPSA) is 92.1 Å². The van der Waals surface area contributed by atoms with Crippen LogP contribution in [0, 0.1) is 0 Å². The van der Waals surface area contributed by atoms with E-state index in [0.717, 1.165) is 43.3 Å². The van der Waals surface area contributed by atoms with Gasteiger partial charge in [-0.2, -0.15) is 5.10 Å². The zero-order valence-corrected chi connectivity index (χ0v) is 18.3. The van der Waals surface area contributed by atoms with Crippen molar-refractivity contribution in [3.8, 4) is 11.3 Å². The molecule has 166 valence electrons. The second-order valence-corrected chi connectivity index (χ2v) is 7.79. The van der Waals surface area contributed by atoms with Crippen LogP contribution in [0.5, 0.6) is 0 Å². The molecule has 1 amide bonds. The summed E-state index contributed by atoms with van der Waals surface area (Å²) in [7, 11) is 1.76. The SMILES string of the molecule is Cn1nc(-c2ccccc2)cc1C(=O)Nc1cnc(N2CCN(c3ccccn3)CC2)nc1. The summed E-state index contributed by atoms with van der Waals surface area (Å²) in [6, 6.07) is 17.5. The number of hydrogen-bond acceptors (Lipinski definition) is 7. The Bertz CT molecular complexity index is 1220. The summed E-state index contributed by atoms with van der Waals surface area (Å²) in [6.07, 6.45) is 5.09. The predicted molar refractivity (Wildman–Crippen MR) is 127 cm³/mol. The highest BCUT2D eigenvalue weighted by Gasteiger charge is 2.20. The van der Waals surface area contributed by atoms with Gasteiger partial charge in [-0.1, -0.05) is 36.4 Å². The van der Waals surface area contributed by atoms with Crippen LogP contribution in [0.1, 0.15) is 10.5 Å². The Balaban J connectivity index is 1.21. The van der Waals surface area contributed by atoms with Gasteiger partial charge in [-0.25, -0.2) is 15.0 Å². The molecule has 0 radical (unpaired) electrons. The van der Waals surface area contributed by atoms with E-state index in [0.29, 0.717) is 17.3 Å². The van der Waals surface area contributed by atoms with Gasteiger partial charge in [-0.3, -0.25) is 9.48 Å². The van der Waals surface area contributed by atoms with E-state index in [9.17, 15) is 4.79 Å². The average molecular weight is 441 g/mol. The molecule has 5 rings (SSSR count). The molecule has 1 aliphatic rings. The molecule has 9 nitrogen and oxygen atoms in total. The quantitative estimate of drug-likeness (QED) is 0.510. The van der Waals surface area contributed by atoms with E-state index in [1.807, 2.05) is 54.7 Å². The van der Waals surface area contributed by atoms with E-state index in [2.05, 4.69) is 35.2 Å². The van der Waals surface area contributed by atoms with E-state index in [-0.39, 0.29) is 5.91 Å². The number of carbonyl (C=O) groups is 1.